The highest BCUT2D eigenvalue weighted by molar-refractivity contribution is 7.22. The van der Waals surface area contributed by atoms with E-state index in [1.807, 2.05) is 31.2 Å². The quantitative estimate of drug-likeness (QED) is 0.779. The summed E-state index contributed by atoms with van der Waals surface area (Å²) < 4.78 is 14.1. The highest BCUT2D eigenvalue weighted by Gasteiger charge is 2.34. The molecule has 1 N–H and O–H groups in total. The summed E-state index contributed by atoms with van der Waals surface area (Å²) >= 11 is 1.46. The summed E-state index contributed by atoms with van der Waals surface area (Å²) in [4.78, 5) is 18.8. The minimum Gasteiger partial charge on any atom is -0.352 e. The molecule has 0 aliphatic carbocycles. The maximum atomic E-state index is 13.3. The lowest BCUT2D eigenvalue weighted by molar-refractivity contribution is -0.125. The number of fused-ring (bicyclic) bond motifs is 1. The van der Waals surface area contributed by atoms with Gasteiger partial charge in [-0.3, -0.25) is 4.79 Å². The topological polar surface area (TPSA) is 45.2 Å². The van der Waals surface area contributed by atoms with Gasteiger partial charge >= 0.3 is 0 Å². The van der Waals surface area contributed by atoms with Gasteiger partial charge in [0.05, 0.1) is 16.1 Å². The number of hydrogen-bond donors (Lipinski definition) is 1. The number of halogens is 1. The summed E-state index contributed by atoms with van der Waals surface area (Å²) in [6.07, 6.45) is 0. The molecule has 0 atom stereocenters. The van der Waals surface area contributed by atoms with Crippen LogP contribution in [0.2, 0.25) is 0 Å². The van der Waals surface area contributed by atoms with Crippen molar-refractivity contribution in [2.24, 2.45) is 5.92 Å². The van der Waals surface area contributed by atoms with Gasteiger partial charge in [-0.15, -0.1) is 0 Å². The average Bonchev–Trinajstić information content (AvgIpc) is 2.95. The van der Waals surface area contributed by atoms with Gasteiger partial charge in [0.25, 0.3) is 0 Å². The van der Waals surface area contributed by atoms with Gasteiger partial charge in [0.2, 0.25) is 5.91 Å². The zero-order chi connectivity index (χ0) is 17.4. The van der Waals surface area contributed by atoms with Gasteiger partial charge in [-0.05, 0) is 30.7 Å². The number of nitrogens with one attached hydrogen (secondary N) is 1. The Morgan fingerprint density at radius 1 is 1.28 bits per heavy atom. The minimum absolute atomic E-state index is 0.0193. The lowest BCUT2D eigenvalue weighted by atomic mass is 10.00. The molecule has 0 radical (unpaired) electrons. The van der Waals surface area contributed by atoms with Crippen molar-refractivity contribution in [2.75, 3.05) is 18.0 Å². The van der Waals surface area contributed by atoms with E-state index in [4.69, 9.17) is 0 Å². The number of hydrogen-bond acceptors (Lipinski definition) is 4. The number of carbonyl (C=O) groups is 1. The molecule has 3 aromatic rings. The van der Waals surface area contributed by atoms with Crippen LogP contribution in [0.25, 0.3) is 10.2 Å². The fourth-order valence-corrected chi connectivity index (χ4v) is 3.87. The van der Waals surface area contributed by atoms with Gasteiger partial charge in [0, 0.05) is 19.6 Å². The van der Waals surface area contributed by atoms with E-state index in [0.29, 0.717) is 19.6 Å². The van der Waals surface area contributed by atoms with E-state index in [0.717, 1.165) is 20.9 Å². The molecule has 1 aliphatic heterocycles. The molecule has 0 saturated carbocycles. The third-order valence-electron chi connectivity index (χ3n) is 4.45. The normalized spacial score (nSPS) is 14.6. The van der Waals surface area contributed by atoms with Crippen molar-refractivity contribution in [1.29, 1.82) is 0 Å². The molecule has 6 heteroatoms. The number of thiazole rings is 1. The van der Waals surface area contributed by atoms with Crippen LogP contribution in [-0.4, -0.2) is 24.0 Å². The Hall–Kier alpha value is -2.47. The maximum absolute atomic E-state index is 13.3. The van der Waals surface area contributed by atoms with Crippen LogP contribution in [0.3, 0.4) is 0 Å². The minimum atomic E-state index is -0.250. The van der Waals surface area contributed by atoms with Crippen LogP contribution in [0.5, 0.6) is 0 Å². The van der Waals surface area contributed by atoms with E-state index in [9.17, 15) is 9.18 Å². The molecule has 2 heterocycles. The monoisotopic (exact) mass is 355 g/mol. The summed E-state index contributed by atoms with van der Waals surface area (Å²) in [6.45, 7) is 3.90. The molecule has 1 saturated heterocycles. The fraction of sp³-hybridized carbons (Fsp3) is 0.263. The lowest BCUT2D eigenvalue weighted by Crippen LogP contribution is -2.53. The van der Waals surface area contributed by atoms with Crippen molar-refractivity contribution in [1.82, 2.24) is 10.3 Å². The standard InChI is InChI=1S/C19H18FN3OS/c1-12-2-4-13(5-3-12)9-21-18(24)14-10-23(11-14)19-22-16-7-6-15(20)8-17(16)25-19/h2-8,14H,9-11H2,1H3,(H,21,24). The van der Waals surface area contributed by atoms with Crippen molar-refractivity contribution < 1.29 is 9.18 Å². The summed E-state index contributed by atoms with van der Waals surface area (Å²) in [6, 6.07) is 12.8. The van der Waals surface area contributed by atoms with E-state index in [2.05, 4.69) is 15.2 Å². The van der Waals surface area contributed by atoms with Gasteiger partial charge in [-0.2, -0.15) is 0 Å². The maximum Gasteiger partial charge on any atom is 0.226 e. The van der Waals surface area contributed by atoms with Crippen LogP contribution in [-0.2, 0) is 11.3 Å². The van der Waals surface area contributed by atoms with Crippen molar-refractivity contribution >= 4 is 32.6 Å². The van der Waals surface area contributed by atoms with Gasteiger partial charge in [-0.1, -0.05) is 41.2 Å². The zero-order valence-corrected chi connectivity index (χ0v) is 14.6. The van der Waals surface area contributed by atoms with Crippen LogP contribution in [0.1, 0.15) is 11.1 Å². The molecule has 0 unspecified atom stereocenters. The second kappa shape index (κ2) is 6.44. The first-order chi connectivity index (χ1) is 12.1. The molecular weight excluding hydrogens is 337 g/mol. The van der Waals surface area contributed by atoms with E-state index in [1.54, 1.807) is 6.07 Å². The summed E-state index contributed by atoms with van der Waals surface area (Å²) in [7, 11) is 0. The molecule has 4 nitrogen and oxygen atoms in total. The predicted molar refractivity (Wildman–Crippen MR) is 98.3 cm³/mol. The third kappa shape index (κ3) is 3.35. The van der Waals surface area contributed by atoms with Crippen molar-refractivity contribution in [3.05, 3.63) is 59.4 Å². The van der Waals surface area contributed by atoms with Gasteiger partial charge in [-0.25, -0.2) is 9.37 Å². The van der Waals surface area contributed by atoms with Crippen molar-refractivity contribution in [2.45, 2.75) is 13.5 Å². The van der Waals surface area contributed by atoms with Crippen LogP contribution in [0.15, 0.2) is 42.5 Å². The molecule has 0 spiro atoms. The van der Waals surface area contributed by atoms with E-state index in [-0.39, 0.29) is 17.6 Å². The molecule has 128 valence electrons. The smallest absolute Gasteiger partial charge is 0.226 e. The summed E-state index contributed by atoms with van der Waals surface area (Å²) in [5.74, 6) is -0.196. The van der Waals surface area contributed by atoms with Crippen LogP contribution < -0.4 is 10.2 Å². The molecule has 25 heavy (non-hydrogen) atoms. The Morgan fingerprint density at radius 3 is 2.80 bits per heavy atom. The third-order valence-corrected chi connectivity index (χ3v) is 5.53. The molecule has 1 aromatic heterocycles. The van der Waals surface area contributed by atoms with Crippen molar-refractivity contribution in [3.8, 4) is 0 Å². The number of anilines is 1. The SMILES string of the molecule is Cc1ccc(CNC(=O)C2CN(c3nc4ccc(F)cc4s3)C2)cc1. The van der Waals surface area contributed by atoms with Crippen molar-refractivity contribution in [3.63, 3.8) is 0 Å². The Bertz CT molecular complexity index is 916. The highest BCUT2D eigenvalue weighted by Crippen LogP contribution is 2.33. The van der Waals surface area contributed by atoms with E-state index < -0.39 is 0 Å². The Balaban J connectivity index is 1.32. The Kier molecular flexibility index (Phi) is 4.13. The second-order valence-corrected chi connectivity index (χ2v) is 7.42. The number of aryl methyl sites for hydroxylation is 1. The Labute approximate surface area is 149 Å². The van der Waals surface area contributed by atoms with Gasteiger partial charge < -0.3 is 10.2 Å². The fourth-order valence-electron chi connectivity index (χ4n) is 2.86. The lowest BCUT2D eigenvalue weighted by Gasteiger charge is -2.37. The molecule has 0 bridgehead atoms. The largest absolute Gasteiger partial charge is 0.352 e. The predicted octanol–water partition coefficient (Wildman–Crippen LogP) is 3.50. The number of aromatic nitrogens is 1. The number of amides is 1. The summed E-state index contributed by atoms with van der Waals surface area (Å²) in [5.41, 5.74) is 3.11. The van der Waals surface area contributed by atoms with E-state index in [1.165, 1.54) is 29.0 Å². The second-order valence-electron chi connectivity index (χ2n) is 6.41. The molecule has 1 amide bonds. The van der Waals surface area contributed by atoms with Crippen LogP contribution in [0, 0.1) is 18.7 Å². The number of carbonyl (C=O) groups excluding carboxylic acids is 1. The van der Waals surface area contributed by atoms with Crippen LogP contribution >= 0.6 is 11.3 Å². The Morgan fingerprint density at radius 2 is 2.04 bits per heavy atom. The first-order valence-electron chi connectivity index (χ1n) is 8.23. The molecular formula is C19H18FN3OS. The average molecular weight is 355 g/mol. The zero-order valence-electron chi connectivity index (χ0n) is 13.8. The number of rotatable bonds is 4. The summed E-state index contributed by atoms with van der Waals surface area (Å²) in [5, 5.41) is 3.84. The first-order valence-corrected chi connectivity index (χ1v) is 9.04. The number of benzene rings is 2. The first kappa shape index (κ1) is 16.0. The van der Waals surface area contributed by atoms with Crippen LogP contribution in [0.4, 0.5) is 9.52 Å². The molecule has 1 fully saturated rings. The molecule has 4 rings (SSSR count). The molecule has 1 aliphatic rings. The highest BCUT2D eigenvalue weighted by atomic mass is 32.1. The number of nitrogens with zero attached hydrogens (tertiary/aromatic N) is 2. The van der Waals surface area contributed by atoms with Gasteiger partial charge in [0.1, 0.15) is 5.82 Å². The van der Waals surface area contributed by atoms with Gasteiger partial charge in [0.15, 0.2) is 5.13 Å². The van der Waals surface area contributed by atoms with E-state index >= 15 is 0 Å². The molecule has 2 aromatic carbocycles.